The highest BCUT2D eigenvalue weighted by Gasteiger charge is 2.50. The number of likely N-dealkylation sites (tertiary alicyclic amines) is 1. The summed E-state index contributed by atoms with van der Waals surface area (Å²) in [6, 6.07) is 25.6. The van der Waals surface area contributed by atoms with Crippen molar-refractivity contribution in [1.29, 1.82) is 0 Å². The second-order valence-electron chi connectivity index (χ2n) is 10.2. The number of amides is 1. The first kappa shape index (κ1) is 25.8. The van der Waals surface area contributed by atoms with Gasteiger partial charge in [-0.2, -0.15) is 5.10 Å². The lowest BCUT2D eigenvalue weighted by molar-refractivity contribution is -0.140. The van der Waals surface area contributed by atoms with E-state index in [-0.39, 0.29) is 5.91 Å². The van der Waals surface area contributed by atoms with Crippen LogP contribution in [0.1, 0.15) is 42.5 Å². The number of hydrogen-bond acceptors (Lipinski definition) is 4. The number of fused-ring (bicyclic) bond motifs is 1. The summed E-state index contributed by atoms with van der Waals surface area (Å²) in [6.45, 7) is 2.42. The van der Waals surface area contributed by atoms with E-state index in [0.717, 1.165) is 23.1 Å². The smallest absolute Gasteiger partial charge is 0.234 e. The molecular weight excluding hydrogens is 531 g/mol. The third-order valence-electron chi connectivity index (χ3n) is 7.97. The van der Waals surface area contributed by atoms with Gasteiger partial charge in [0.15, 0.2) is 5.82 Å². The van der Waals surface area contributed by atoms with E-state index in [4.69, 9.17) is 28.2 Å². The van der Waals surface area contributed by atoms with Crippen LogP contribution in [0.4, 0.5) is 5.82 Å². The molecule has 2 unspecified atom stereocenters. The summed E-state index contributed by atoms with van der Waals surface area (Å²) in [6.07, 6.45) is 3.14. The number of carbonyl (C=O) groups is 1. The molecule has 6 nitrogen and oxygen atoms in total. The summed E-state index contributed by atoms with van der Waals surface area (Å²) in [5.41, 5.74) is 1.64. The monoisotopic (exact) mass is 558 g/mol. The minimum absolute atomic E-state index is 0.0961. The Morgan fingerprint density at radius 3 is 2.26 bits per heavy atom. The molecule has 3 atom stereocenters. The zero-order valence-electron chi connectivity index (χ0n) is 21.4. The minimum atomic E-state index is -1.38. The van der Waals surface area contributed by atoms with Crippen LogP contribution >= 0.6 is 23.2 Å². The van der Waals surface area contributed by atoms with Crippen LogP contribution in [0, 0.1) is 5.92 Å². The highest BCUT2D eigenvalue weighted by atomic mass is 35.5. The van der Waals surface area contributed by atoms with Gasteiger partial charge in [0.05, 0.1) is 28.3 Å². The van der Waals surface area contributed by atoms with Gasteiger partial charge in [-0.1, -0.05) is 89.9 Å². The lowest BCUT2D eigenvalue weighted by Gasteiger charge is -2.42. The fraction of sp³-hybridized carbons (Fsp3) is 0.258. The van der Waals surface area contributed by atoms with Crippen LogP contribution in [-0.2, 0) is 10.4 Å². The molecule has 4 aromatic rings. The van der Waals surface area contributed by atoms with Crippen molar-refractivity contribution in [3.05, 3.63) is 118 Å². The summed E-state index contributed by atoms with van der Waals surface area (Å²) < 4.78 is 1.78. The SMILES string of the molecule is CC1=Nc2ccnn2C(c2ccc(Cl)c(Cl)c2)C1C(=O)N1CCC[C@H]1C(O)(c1ccccc1)c1ccccc1. The molecule has 0 spiro atoms. The first-order valence-corrected chi connectivity index (χ1v) is 13.8. The maximum absolute atomic E-state index is 14.6. The number of benzene rings is 3. The standard InChI is InChI=1S/C31H28Cl2N4O2/c1-20-28(29(37-27(35-20)16-17-34-37)21-14-15-24(32)25(33)19-21)30(38)36-18-8-13-26(36)31(39,22-9-4-2-5-10-22)23-11-6-3-7-12-23/h2-7,9-12,14-17,19,26,28-29,39H,8,13,18H2,1H3/t26-,28?,29?/m0/s1. The van der Waals surface area contributed by atoms with Crippen molar-refractivity contribution in [2.75, 3.05) is 6.54 Å². The van der Waals surface area contributed by atoms with Crippen LogP contribution in [0.5, 0.6) is 0 Å². The molecule has 1 aromatic heterocycles. The number of carbonyl (C=O) groups excluding carboxylic acids is 1. The second kappa shape index (κ2) is 10.3. The van der Waals surface area contributed by atoms with Crippen molar-refractivity contribution in [3.63, 3.8) is 0 Å². The van der Waals surface area contributed by atoms with Crippen molar-refractivity contribution in [2.24, 2.45) is 10.9 Å². The van der Waals surface area contributed by atoms with Gasteiger partial charge in [-0.05, 0) is 48.6 Å². The van der Waals surface area contributed by atoms with E-state index in [2.05, 4.69) is 5.10 Å². The van der Waals surface area contributed by atoms with Gasteiger partial charge in [0.1, 0.15) is 11.5 Å². The molecule has 1 amide bonds. The lowest BCUT2D eigenvalue weighted by Crippen LogP contribution is -2.54. The van der Waals surface area contributed by atoms with Gasteiger partial charge in [-0.25, -0.2) is 9.67 Å². The Labute approximate surface area is 237 Å². The summed E-state index contributed by atoms with van der Waals surface area (Å²) in [5, 5.41) is 17.9. The maximum atomic E-state index is 14.6. The molecule has 6 rings (SSSR count). The molecule has 0 saturated carbocycles. The summed E-state index contributed by atoms with van der Waals surface area (Å²) in [7, 11) is 0. The third kappa shape index (κ3) is 4.37. The predicted octanol–water partition coefficient (Wildman–Crippen LogP) is 6.43. The van der Waals surface area contributed by atoms with Crippen LogP contribution in [0.15, 0.2) is 96.1 Å². The van der Waals surface area contributed by atoms with E-state index in [1.165, 1.54) is 0 Å². The van der Waals surface area contributed by atoms with E-state index >= 15 is 0 Å². The Morgan fingerprint density at radius 2 is 1.62 bits per heavy atom. The van der Waals surface area contributed by atoms with Crippen LogP contribution < -0.4 is 0 Å². The zero-order valence-corrected chi connectivity index (χ0v) is 22.9. The third-order valence-corrected chi connectivity index (χ3v) is 8.71. The maximum Gasteiger partial charge on any atom is 0.234 e. The first-order valence-electron chi connectivity index (χ1n) is 13.1. The predicted molar refractivity (Wildman–Crippen MR) is 154 cm³/mol. The number of halogens is 2. The van der Waals surface area contributed by atoms with E-state index in [1.54, 1.807) is 23.0 Å². The van der Waals surface area contributed by atoms with Gasteiger partial charge < -0.3 is 10.0 Å². The molecule has 3 heterocycles. The summed E-state index contributed by atoms with van der Waals surface area (Å²) >= 11 is 12.7. The molecule has 198 valence electrons. The van der Waals surface area contributed by atoms with Gasteiger partial charge in [0, 0.05) is 18.3 Å². The molecule has 39 heavy (non-hydrogen) atoms. The number of nitrogens with zero attached hydrogens (tertiary/aromatic N) is 4. The number of aromatic nitrogens is 2. The molecule has 3 aromatic carbocycles. The Morgan fingerprint density at radius 1 is 0.949 bits per heavy atom. The van der Waals surface area contributed by atoms with Crippen molar-refractivity contribution in [3.8, 4) is 0 Å². The molecule has 0 bridgehead atoms. The number of rotatable bonds is 5. The highest BCUT2D eigenvalue weighted by Crippen LogP contribution is 2.44. The molecule has 2 aliphatic heterocycles. The van der Waals surface area contributed by atoms with Gasteiger partial charge >= 0.3 is 0 Å². The fourth-order valence-corrected chi connectivity index (χ4v) is 6.46. The van der Waals surface area contributed by atoms with Crippen LogP contribution in [0.2, 0.25) is 10.0 Å². The van der Waals surface area contributed by atoms with E-state index in [0.29, 0.717) is 34.5 Å². The molecular formula is C31H28Cl2N4O2. The van der Waals surface area contributed by atoms with Crippen LogP contribution in [0.25, 0.3) is 0 Å². The Hall–Kier alpha value is -3.45. The zero-order chi connectivity index (χ0) is 27.1. The van der Waals surface area contributed by atoms with Gasteiger partial charge in [-0.3, -0.25) is 4.79 Å². The Kier molecular flexibility index (Phi) is 6.79. The van der Waals surface area contributed by atoms with Gasteiger partial charge in [-0.15, -0.1) is 0 Å². The number of aliphatic imine (C=N–C) groups is 1. The normalized spacial score (nSPS) is 21.0. The number of aliphatic hydroxyl groups is 1. The fourth-order valence-electron chi connectivity index (χ4n) is 6.15. The van der Waals surface area contributed by atoms with Crippen LogP contribution in [-0.4, -0.2) is 44.0 Å². The van der Waals surface area contributed by atoms with Crippen LogP contribution in [0.3, 0.4) is 0 Å². The number of hydrogen-bond donors (Lipinski definition) is 1. The first-order chi connectivity index (χ1) is 18.9. The Bertz CT molecular complexity index is 1500. The molecule has 1 N–H and O–H groups in total. The Balaban J connectivity index is 1.45. The minimum Gasteiger partial charge on any atom is -0.378 e. The van der Waals surface area contributed by atoms with Crippen molar-refractivity contribution in [2.45, 2.75) is 37.5 Å². The van der Waals surface area contributed by atoms with E-state index in [1.807, 2.05) is 84.6 Å². The highest BCUT2D eigenvalue weighted by molar-refractivity contribution is 6.42. The molecule has 0 aliphatic carbocycles. The molecule has 1 fully saturated rings. The average Bonchev–Trinajstić information content (AvgIpc) is 3.64. The van der Waals surface area contributed by atoms with Crippen molar-refractivity contribution in [1.82, 2.24) is 14.7 Å². The molecule has 2 aliphatic rings. The summed E-state index contributed by atoms with van der Waals surface area (Å²) in [4.78, 5) is 21.2. The molecule has 8 heteroatoms. The van der Waals surface area contributed by atoms with Gasteiger partial charge in [0.25, 0.3) is 0 Å². The van der Waals surface area contributed by atoms with Gasteiger partial charge in [0.2, 0.25) is 5.91 Å². The summed E-state index contributed by atoms with van der Waals surface area (Å²) in [5.74, 6) is -0.0528. The second-order valence-corrected chi connectivity index (χ2v) is 11.0. The lowest BCUT2D eigenvalue weighted by atomic mass is 9.78. The molecule has 0 radical (unpaired) electrons. The topological polar surface area (TPSA) is 70.7 Å². The van der Waals surface area contributed by atoms with Crippen molar-refractivity contribution >= 4 is 40.6 Å². The van der Waals surface area contributed by atoms with Crippen molar-refractivity contribution < 1.29 is 9.90 Å². The van der Waals surface area contributed by atoms with E-state index < -0.39 is 23.6 Å². The largest absolute Gasteiger partial charge is 0.378 e. The quantitative estimate of drug-likeness (QED) is 0.307. The van der Waals surface area contributed by atoms with E-state index in [9.17, 15) is 9.90 Å². The average molecular weight is 559 g/mol. The molecule has 1 saturated heterocycles.